The van der Waals surface area contributed by atoms with Gasteiger partial charge in [0.25, 0.3) is 11.8 Å². The third kappa shape index (κ3) is 6.77. The Labute approximate surface area is 187 Å². The number of aryl methyl sites for hydroxylation is 1. The van der Waals surface area contributed by atoms with Crippen molar-refractivity contribution in [1.82, 2.24) is 4.98 Å². The number of anilines is 2. The Hall–Kier alpha value is -3.49. The highest BCUT2D eigenvalue weighted by molar-refractivity contribution is 7.09. The van der Waals surface area contributed by atoms with Crippen molar-refractivity contribution in [1.29, 1.82) is 0 Å². The first kappa shape index (κ1) is 22.2. The number of esters is 1. The molecule has 31 heavy (non-hydrogen) atoms. The number of rotatable bonds is 7. The van der Waals surface area contributed by atoms with Crippen LogP contribution in [-0.2, 0) is 14.3 Å². The van der Waals surface area contributed by atoms with Gasteiger partial charge in [0, 0.05) is 22.2 Å². The molecule has 0 saturated carbocycles. The lowest BCUT2D eigenvalue weighted by Crippen LogP contribution is -2.22. The number of nitrogens with one attached hydrogen (secondary N) is 2. The molecule has 1 aromatic heterocycles. The van der Waals surface area contributed by atoms with Crippen molar-refractivity contribution in [2.75, 3.05) is 17.2 Å². The highest BCUT2D eigenvalue weighted by atomic mass is 35.5. The fourth-order valence-electron chi connectivity index (χ4n) is 2.50. The van der Waals surface area contributed by atoms with Crippen LogP contribution in [0.15, 0.2) is 60.0 Å². The summed E-state index contributed by atoms with van der Waals surface area (Å²) in [5.74, 6) is -1.65. The Balaban J connectivity index is 1.56. The lowest BCUT2D eigenvalue weighted by Gasteiger charge is -2.11. The number of thiazole rings is 1. The van der Waals surface area contributed by atoms with Crippen molar-refractivity contribution in [2.45, 2.75) is 6.92 Å². The molecule has 3 aromatic rings. The zero-order valence-electron chi connectivity index (χ0n) is 16.4. The highest BCUT2D eigenvalue weighted by Gasteiger charge is 2.14. The quantitative estimate of drug-likeness (QED) is 0.402. The molecule has 0 aliphatic carbocycles. The standard InChI is InChI=1S/C22H18ClN3O4S/c1-14-24-17(13-31-14)10-11-21(28)30-12-20(27)26-19-5-3-2-4-18(19)22(29)25-16-8-6-15(23)7-9-16/h2-11,13H,12H2,1H3,(H,25,29)(H,26,27)/b11-10+. The van der Waals surface area contributed by atoms with E-state index in [1.807, 2.05) is 6.92 Å². The zero-order chi connectivity index (χ0) is 22.2. The van der Waals surface area contributed by atoms with Gasteiger partial charge in [-0.05, 0) is 49.4 Å². The van der Waals surface area contributed by atoms with Gasteiger partial charge in [-0.3, -0.25) is 9.59 Å². The number of aromatic nitrogens is 1. The van der Waals surface area contributed by atoms with Crippen LogP contribution in [-0.4, -0.2) is 29.4 Å². The number of ether oxygens (including phenoxy) is 1. The number of hydrogen-bond acceptors (Lipinski definition) is 6. The molecule has 2 amide bonds. The monoisotopic (exact) mass is 455 g/mol. The van der Waals surface area contributed by atoms with Crippen LogP contribution in [0.5, 0.6) is 0 Å². The van der Waals surface area contributed by atoms with Gasteiger partial charge in [0.05, 0.1) is 22.0 Å². The Morgan fingerprint density at radius 2 is 1.84 bits per heavy atom. The number of amides is 2. The van der Waals surface area contributed by atoms with Gasteiger partial charge in [-0.1, -0.05) is 23.7 Å². The molecule has 3 rings (SSSR count). The van der Waals surface area contributed by atoms with E-state index in [-0.39, 0.29) is 5.56 Å². The molecule has 0 unspecified atom stereocenters. The minimum atomic E-state index is -0.672. The van der Waals surface area contributed by atoms with E-state index in [0.29, 0.717) is 22.1 Å². The maximum atomic E-state index is 12.6. The summed E-state index contributed by atoms with van der Waals surface area (Å²) in [6.07, 6.45) is 2.72. The molecular weight excluding hydrogens is 438 g/mol. The summed E-state index contributed by atoms with van der Waals surface area (Å²) in [4.78, 5) is 40.8. The van der Waals surface area contributed by atoms with Crippen molar-refractivity contribution < 1.29 is 19.1 Å². The SMILES string of the molecule is Cc1nc(/C=C/C(=O)OCC(=O)Nc2ccccc2C(=O)Nc2ccc(Cl)cc2)cs1. The van der Waals surface area contributed by atoms with Crippen molar-refractivity contribution in [3.63, 3.8) is 0 Å². The molecule has 0 aliphatic heterocycles. The summed E-state index contributed by atoms with van der Waals surface area (Å²) < 4.78 is 4.94. The van der Waals surface area contributed by atoms with E-state index in [9.17, 15) is 14.4 Å². The minimum absolute atomic E-state index is 0.260. The van der Waals surface area contributed by atoms with Crippen LogP contribution >= 0.6 is 22.9 Å². The number of benzene rings is 2. The van der Waals surface area contributed by atoms with Crippen LogP contribution in [0.25, 0.3) is 6.08 Å². The Morgan fingerprint density at radius 3 is 2.55 bits per heavy atom. The van der Waals surface area contributed by atoms with Crippen molar-refractivity contribution in [3.05, 3.63) is 81.3 Å². The second-order valence-electron chi connectivity index (χ2n) is 6.29. The number of nitrogens with zero attached hydrogens (tertiary/aromatic N) is 1. The van der Waals surface area contributed by atoms with E-state index in [2.05, 4.69) is 15.6 Å². The van der Waals surface area contributed by atoms with Gasteiger partial charge in [-0.15, -0.1) is 11.3 Å². The molecular formula is C22H18ClN3O4S. The molecule has 0 aliphatic rings. The van der Waals surface area contributed by atoms with Gasteiger partial charge in [0.2, 0.25) is 0 Å². The van der Waals surface area contributed by atoms with Crippen molar-refractivity contribution in [3.8, 4) is 0 Å². The Bertz CT molecular complexity index is 1130. The number of hydrogen-bond donors (Lipinski definition) is 2. The zero-order valence-corrected chi connectivity index (χ0v) is 18.0. The first-order valence-corrected chi connectivity index (χ1v) is 10.4. The summed E-state index contributed by atoms with van der Waals surface area (Å²) in [7, 11) is 0. The van der Waals surface area contributed by atoms with E-state index in [1.165, 1.54) is 23.5 Å². The second-order valence-corrected chi connectivity index (χ2v) is 7.79. The summed E-state index contributed by atoms with van der Waals surface area (Å²) >= 11 is 7.31. The molecule has 0 spiro atoms. The maximum Gasteiger partial charge on any atom is 0.331 e. The van der Waals surface area contributed by atoms with Crippen LogP contribution < -0.4 is 10.6 Å². The first-order valence-electron chi connectivity index (χ1n) is 9.13. The fourth-order valence-corrected chi connectivity index (χ4v) is 3.21. The smallest absolute Gasteiger partial charge is 0.331 e. The van der Waals surface area contributed by atoms with E-state index >= 15 is 0 Å². The number of carbonyl (C=O) groups excluding carboxylic acids is 3. The van der Waals surface area contributed by atoms with Gasteiger partial charge in [-0.2, -0.15) is 0 Å². The molecule has 0 fully saturated rings. The number of halogens is 1. The van der Waals surface area contributed by atoms with Gasteiger partial charge in [-0.25, -0.2) is 9.78 Å². The summed E-state index contributed by atoms with van der Waals surface area (Å²) in [5.41, 5.74) is 1.76. The average molecular weight is 456 g/mol. The fraction of sp³-hybridized carbons (Fsp3) is 0.0909. The number of carbonyl (C=O) groups is 3. The molecule has 9 heteroatoms. The van der Waals surface area contributed by atoms with Crippen LogP contribution in [0.4, 0.5) is 11.4 Å². The largest absolute Gasteiger partial charge is 0.452 e. The number of para-hydroxylation sites is 1. The van der Waals surface area contributed by atoms with E-state index < -0.39 is 24.4 Å². The van der Waals surface area contributed by atoms with Crippen LogP contribution in [0.1, 0.15) is 21.1 Å². The molecule has 0 bridgehead atoms. The molecule has 0 atom stereocenters. The second kappa shape index (κ2) is 10.5. The molecule has 1 heterocycles. The van der Waals surface area contributed by atoms with E-state index in [4.69, 9.17) is 16.3 Å². The maximum absolute atomic E-state index is 12.6. The van der Waals surface area contributed by atoms with Crippen LogP contribution in [0.2, 0.25) is 5.02 Å². The molecule has 2 N–H and O–H groups in total. The minimum Gasteiger partial charge on any atom is -0.452 e. The average Bonchev–Trinajstić information content (AvgIpc) is 3.18. The van der Waals surface area contributed by atoms with Gasteiger partial charge >= 0.3 is 5.97 Å². The van der Waals surface area contributed by atoms with Crippen molar-refractivity contribution >= 4 is 58.2 Å². The van der Waals surface area contributed by atoms with Gasteiger partial charge in [0.15, 0.2) is 6.61 Å². The third-order valence-electron chi connectivity index (χ3n) is 3.92. The summed E-state index contributed by atoms with van der Waals surface area (Å²) in [5, 5.41) is 8.56. The van der Waals surface area contributed by atoms with Gasteiger partial charge < -0.3 is 15.4 Å². The third-order valence-corrected chi connectivity index (χ3v) is 4.96. The molecule has 7 nitrogen and oxygen atoms in total. The topological polar surface area (TPSA) is 97.4 Å². The van der Waals surface area contributed by atoms with E-state index in [0.717, 1.165) is 5.01 Å². The lowest BCUT2D eigenvalue weighted by molar-refractivity contribution is -0.142. The lowest BCUT2D eigenvalue weighted by atomic mass is 10.1. The Morgan fingerprint density at radius 1 is 1.10 bits per heavy atom. The summed E-state index contributed by atoms with van der Waals surface area (Å²) in [6.45, 7) is 1.37. The van der Waals surface area contributed by atoms with Crippen LogP contribution in [0, 0.1) is 6.92 Å². The molecule has 0 radical (unpaired) electrons. The van der Waals surface area contributed by atoms with Crippen molar-refractivity contribution in [2.24, 2.45) is 0 Å². The van der Waals surface area contributed by atoms with Crippen LogP contribution in [0.3, 0.4) is 0 Å². The van der Waals surface area contributed by atoms with Gasteiger partial charge in [0.1, 0.15) is 0 Å². The Kier molecular flexibility index (Phi) is 7.53. The predicted octanol–water partition coefficient (Wildman–Crippen LogP) is 4.55. The molecule has 158 valence electrons. The first-order chi connectivity index (χ1) is 14.9. The molecule has 0 saturated heterocycles. The normalized spacial score (nSPS) is 10.6. The van der Waals surface area contributed by atoms with E-state index in [1.54, 1.807) is 53.9 Å². The molecule has 2 aromatic carbocycles. The predicted molar refractivity (Wildman–Crippen MR) is 121 cm³/mol. The highest BCUT2D eigenvalue weighted by Crippen LogP contribution is 2.19. The summed E-state index contributed by atoms with van der Waals surface area (Å²) in [6, 6.07) is 13.2.